The van der Waals surface area contributed by atoms with E-state index < -0.39 is 0 Å². The quantitative estimate of drug-likeness (QED) is 0.712. The number of benzene rings is 1. The molecule has 2 aromatic rings. The van der Waals surface area contributed by atoms with Crippen molar-refractivity contribution in [1.29, 1.82) is 0 Å². The summed E-state index contributed by atoms with van der Waals surface area (Å²) in [6.45, 7) is 8.42. The maximum absolute atomic E-state index is 12.8. The van der Waals surface area contributed by atoms with E-state index >= 15 is 0 Å². The maximum Gasteiger partial charge on any atom is 0.227 e. The van der Waals surface area contributed by atoms with Gasteiger partial charge in [0.2, 0.25) is 5.91 Å². The Hall–Kier alpha value is -1.86. The number of aryl methyl sites for hydroxylation is 1. The number of amides is 1. The van der Waals surface area contributed by atoms with Crippen molar-refractivity contribution < 1.29 is 9.53 Å². The minimum atomic E-state index is 0.136. The van der Waals surface area contributed by atoms with Crippen molar-refractivity contribution in [2.75, 3.05) is 19.7 Å². The largest absolute Gasteiger partial charge is 0.374 e. The normalized spacial score (nSPS) is 18.7. The molecule has 1 amide bonds. The van der Waals surface area contributed by atoms with Gasteiger partial charge in [-0.25, -0.2) is 0 Å². The van der Waals surface area contributed by atoms with Crippen LogP contribution in [0.5, 0.6) is 0 Å². The van der Waals surface area contributed by atoms with Gasteiger partial charge in [-0.3, -0.25) is 4.79 Å². The highest BCUT2D eigenvalue weighted by Gasteiger charge is 2.26. The van der Waals surface area contributed by atoms with Crippen molar-refractivity contribution in [3.05, 3.63) is 41.7 Å². The number of carbonyl (C=O) groups excluding carboxylic acids is 1. The number of hydrogen-bond acceptors (Lipinski definition) is 5. The standard InChI is InChI=1S/C20H28N4O2S/c1-14(2)18-12-24(8-9-26-18)19(25)11-16-6-5-7-17(10-16)15(3)27-20-22-21-13-23(20)4/h5-7,10,13-15,18H,8-9,11-12H2,1-4H3/t15-,18?/m0/s1. The molecule has 1 aromatic carbocycles. The second-order valence-corrected chi connectivity index (χ2v) is 8.71. The predicted octanol–water partition coefficient (Wildman–Crippen LogP) is 3.09. The molecule has 0 radical (unpaired) electrons. The third kappa shape index (κ3) is 5.11. The van der Waals surface area contributed by atoms with Crippen LogP contribution in [0.4, 0.5) is 0 Å². The third-order valence-electron chi connectivity index (χ3n) is 4.92. The van der Waals surface area contributed by atoms with Gasteiger partial charge < -0.3 is 14.2 Å². The van der Waals surface area contributed by atoms with Crippen LogP contribution < -0.4 is 0 Å². The van der Waals surface area contributed by atoms with Crippen LogP contribution in [0.1, 0.15) is 37.1 Å². The number of aromatic nitrogens is 3. The maximum atomic E-state index is 12.8. The molecule has 1 aliphatic rings. The molecule has 2 heterocycles. The van der Waals surface area contributed by atoms with Crippen LogP contribution >= 0.6 is 11.8 Å². The molecule has 2 atom stereocenters. The van der Waals surface area contributed by atoms with Gasteiger partial charge in [0.05, 0.1) is 19.1 Å². The van der Waals surface area contributed by atoms with E-state index in [0.717, 1.165) is 10.7 Å². The van der Waals surface area contributed by atoms with E-state index in [-0.39, 0.29) is 17.3 Å². The molecule has 0 N–H and O–H groups in total. The van der Waals surface area contributed by atoms with E-state index in [2.05, 4.69) is 43.1 Å². The minimum absolute atomic E-state index is 0.136. The zero-order chi connectivity index (χ0) is 19.4. The first-order valence-electron chi connectivity index (χ1n) is 9.43. The molecule has 7 heteroatoms. The molecule has 1 unspecified atom stereocenters. The van der Waals surface area contributed by atoms with Crippen molar-refractivity contribution in [2.24, 2.45) is 13.0 Å². The summed E-state index contributed by atoms with van der Waals surface area (Å²) in [6, 6.07) is 8.29. The second-order valence-electron chi connectivity index (χ2n) is 7.40. The third-order valence-corrected chi connectivity index (χ3v) is 6.12. The van der Waals surface area contributed by atoms with E-state index in [9.17, 15) is 4.79 Å². The number of ether oxygens (including phenoxy) is 1. The van der Waals surface area contributed by atoms with Crippen molar-refractivity contribution in [2.45, 2.75) is 43.7 Å². The van der Waals surface area contributed by atoms with Crippen molar-refractivity contribution in [3.63, 3.8) is 0 Å². The highest BCUT2D eigenvalue weighted by atomic mass is 32.2. The monoisotopic (exact) mass is 388 g/mol. The topological polar surface area (TPSA) is 60.2 Å². The highest BCUT2D eigenvalue weighted by Crippen LogP contribution is 2.33. The van der Waals surface area contributed by atoms with Crippen LogP contribution in [0, 0.1) is 5.92 Å². The number of nitrogens with zero attached hydrogens (tertiary/aromatic N) is 4. The van der Waals surface area contributed by atoms with Gasteiger partial charge in [-0.1, -0.05) is 49.9 Å². The smallest absolute Gasteiger partial charge is 0.227 e. The molecule has 0 aliphatic carbocycles. The molecule has 146 valence electrons. The first kappa shape index (κ1) is 19.9. The lowest BCUT2D eigenvalue weighted by atomic mass is 10.0. The van der Waals surface area contributed by atoms with Gasteiger partial charge in [0.25, 0.3) is 0 Å². The fraction of sp³-hybridized carbons (Fsp3) is 0.550. The summed E-state index contributed by atoms with van der Waals surface area (Å²) >= 11 is 1.67. The van der Waals surface area contributed by atoms with E-state index in [0.29, 0.717) is 32.0 Å². The molecule has 27 heavy (non-hydrogen) atoms. The molecule has 3 rings (SSSR count). The van der Waals surface area contributed by atoms with Crippen LogP contribution in [0.3, 0.4) is 0 Å². The molecule has 0 spiro atoms. The molecular weight excluding hydrogens is 360 g/mol. The van der Waals surface area contributed by atoms with Crippen molar-refractivity contribution in [3.8, 4) is 0 Å². The Balaban J connectivity index is 1.63. The molecule has 0 bridgehead atoms. The van der Waals surface area contributed by atoms with E-state index in [4.69, 9.17) is 4.74 Å². The summed E-state index contributed by atoms with van der Waals surface area (Å²) in [5, 5.41) is 9.18. The lowest BCUT2D eigenvalue weighted by Gasteiger charge is -2.35. The van der Waals surface area contributed by atoms with Gasteiger partial charge in [0, 0.05) is 25.4 Å². The van der Waals surface area contributed by atoms with E-state index in [1.807, 2.05) is 28.6 Å². The highest BCUT2D eigenvalue weighted by molar-refractivity contribution is 7.99. The summed E-state index contributed by atoms with van der Waals surface area (Å²) in [5.74, 6) is 0.595. The lowest BCUT2D eigenvalue weighted by Crippen LogP contribution is -2.47. The van der Waals surface area contributed by atoms with Crippen molar-refractivity contribution >= 4 is 17.7 Å². The molecule has 1 aromatic heterocycles. The van der Waals surface area contributed by atoms with E-state index in [1.165, 1.54) is 5.56 Å². The number of thioether (sulfide) groups is 1. The van der Waals surface area contributed by atoms with Crippen LogP contribution in [-0.4, -0.2) is 51.4 Å². The van der Waals surface area contributed by atoms with Gasteiger partial charge in [-0.2, -0.15) is 0 Å². The lowest BCUT2D eigenvalue weighted by molar-refractivity contribution is -0.139. The summed E-state index contributed by atoms with van der Waals surface area (Å²) in [5.41, 5.74) is 2.24. The SMILES string of the molecule is CC(C)C1CN(C(=O)Cc2cccc([C@H](C)Sc3nncn3C)c2)CCO1. The van der Waals surface area contributed by atoms with Crippen LogP contribution in [-0.2, 0) is 23.0 Å². The van der Waals surface area contributed by atoms with Crippen LogP contribution in [0.2, 0.25) is 0 Å². The van der Waals surface area contributed by atoms with E-state index in [1.54, 1.807) is 18.1 Å². The first-order valence-corrected chi connectivity index (χ1v) is 10.3. The summed E-state index contributed by atoms with van der Waals surface area (Å²) in [4.78, 5) is 14.7. The number of rotatable bonds is 6. The average molecular weight is 389 g/mol. The Labute approximate surface area is 165 Å². The molecule has 6 nitrogen and oxygen atoms in total. The fourth-order valence-corrected chi connectivity index (χ4v) is 4.06. The summed E-state index contributed by atoms with van der Waals surface area (Å²) in [7, 11) is 1.94. The van der Waals surface area contributed by atoms with Crippen LogP contribution in [0.25, 0.3) is 0 Å². The molecule has 0 saturated carbocycles. The Bertz CT molecular complexity index is 777. The van der Waals surface area contributed by atoms with Gasteiger partial charge in [-0.15, -0.1) is 10.2 Å². The Morgan fingerprint density at radius 3 is 2.89 bits per heavy atom. The summed E-state index contributed by atoms with van der Waals surface area (Å²) < 4.78 is 7.69. The van der Waals surface area contributed by atoms with Gasteiger partial charge in [-0.05, 0) is 24.0 Å². The van der Waals surface area contributed by atoms with Gasteiger partial charge >= 0.3 is 0 Å². The Kier molecular flexibility index (Phi) is 6.55. The fourth-order valence-electron chi connectivity index (χ4n) is 3.15. The number of morpholine rings is 1. The molecule has 1 saturated heterocycles. The number of carbonyl (C=O) groups is 1. The first-order chi connectivity index (χ1) is 12.9. The summed E-state index contributed by atoms with van der Waals surface area (Å²) in [6.07, 6.45) is 2.27. The Morgan fingerprint density at radius 1 is 1.37 bits per heavy atom. The van der Waals surface area contributed by atoms with Crippen LogP contribution in [0.15, 0.2) is 35.7 Å². The van der Waals surface area contributed by atoms with Gasteiger partial charge in [0.1, 0.15) is 6.33 Å². The molecular formula is C20H28N4O2S. The Morgan fingerprint density at radius 2 is 2.19 bits per heavy atom. The van der Waals surface area contributed by atoms with Gasteiger partial charge in [0.15, 0.2) is 5.16 Å². The number of hydrogen-bond donors (Lipinski definition) is 0. The molecule has 1 fully saturated rings. The average Bonchev–Trinajstić information content (AvgIpc) is 3.06. The second kappa shape index (κ2) is 8.89. The zero-order valence-corrected chi connectivity index (χ0v) is 17.3. The van der Waals surface area contributed by atoms with Crippen molar-refractivity contribution in [1.82, 2.24) is 19.7 Å². The zero-order valence-electron chi connectivity index (χ0n) is 16.5. The predicted molar refractivity (Wildman–Crippen MR) is 107 cm³/mol. The minimum Gasteiger partial charge on any atom is -0.374 e. The molecule has 1 aliphatic heterocycles.